The van der Waals surface area contributed by atoms with Crippen LogP contribution in [0.1, 0.15) is 121 Å². The first-order chi connectivity index (χ1) is 63.6. The van der Waals surface area contributed by atoms with Crippen molar-refractivity contribution in [3.8, 4) is 56.9 Å². The summed E-state index contributed by atoms with van der Waals surface area (Å²) in [5.74, 6) is -1.54. The van der Waals surface area contributed by atoms with E-state index in [1.165, 1.54) is 81.9 Å². The summed E-state index contributed by atoms with van der Waals surface area (Å²) in [6, 6.07) is 33.0. The third-order valence-electron chi connectivity index (χ3n) is 20.5. The van der Waals surface area contributed by atoms with E-state index < -0.39 is 38.0 Å². The predicted molar refractivity (Wildman–Crippen MR) is 506 cm³/mol. The number of hydrogen-bond acceptors (Lipinski definition) is 35. The summed E-state index contributed by atoms with van der Waals surface area (Å²) in [5.41, 5.74) is 19.2. The molecule has 20 rings (SSSR count). The number of aromatic carboxylic acids is 3. The average molecular weight is 1920 g/mol. The van der Waals surface area contributed by atoms with Crippen molar-refractivity contribution in [2.24, 2.45) is 10.3 Å². The molecule has 0 atom stereocenters. The van der Waals surface area contributed by atoms with Gasteiger partial charge in [0.05, 0.1) is 43.3 Å². The van der Waals surface area contributed by atoms with Crippen molar-refractivity contribution < 1.29 is 60.9 Å². The van der Waals surface area contributed by atoms with Gasteiger partial charge in [-0.15, -0.1) is 56.7 Å². The largest absolute Gasteiger partial charge is 0.476 e. The Morgan fingerprint density at radius 3 is 0.902 bits per heavy atom. The number of sulfonamides is 2. The molecule has 0 saturated heterocycles. The van der Waals surface area contributed by atoms with Crippen molar-refractivity contribution in [3.63, 3.8) is 0 Å². The number of carboxylic acid groups (broad SMARTS) is 3. The predicted octanol–water partition coefficient (Wildman–Crippen LogP) is 14.1. The SMILES string of the molecule is CC(=O)Nc1cccc(Nc2ncc3c(n2)-c2nc(C(=O)O)sc2CC3)c1.CC(=O)Nc1cccc(Nc2ncc3c(n2)-c2nc(C)sc2CC3)c1.CN(C)C(=O)c1nc2c(s1)CCc1cnc(Nc3cccc(S(N)(=O)=O)c3)nc1-2.Cc1cc(C)cc(Nc2ncc3c(n2)-c2nc(C(=O)O)sc2CC3)c1.NS(=O)(=O)c1cccc(Nc2ncc3c(n2)-c2nc(C(=O)O)sc2CC3)c1. The van der Waals surface area contributed by atoms with Crippen molar-refractivity contribution in [2.75, 3.05) is 51.3 Å². The maximum Gasteiger partial charge on any atom is 0.365 e. The summed E-state index contributed by atoms with van der Waals surface area (Å²) >= 11 is 6.70. The molecule has 38 nitrogen and oxygen atoms in total. The summed E-state index contributed by atoms with van der Waals surface area (Å²) in [7, 11) is -4.25. The third-order valence-corrected chi connectivity index (χ3v) is 27.7. The number of nitrogens with zero attached hydrogens (tertiary/aromatic N) is 16. The Labute approximate surface area is 778 Å². The zero-order valence-electron chi connectivity index (χ0n) is 71.5. The number of benzene rings is 5. The number of anilines is 12. The maximum atomic E-state index is 12.3. The maximum absolute atomic E-state index is 12.3. The van der Waals surface area contributed by atoms with Gasteiger partial charge < -0.3 is 57.4 Å². The van der Waals surface area contributed by atoms with Crippen molar-refractivity contribution in [2.45, 2.75) is 109 Å². The molecule has 5 aliphatic carbocycles. The molecule has 10 heterocycles. The molecular weight excluding hydrogens is 1840 g/mol. The molecule has 0 spiro atoms. The first kappa shape index (κ1) is 91.6. The molecule has 0 radical (unpaired) electrons. The van der Waals surface area contributed by atoms with E-state index in [4.69, 9.17) is 15.4 Å². The number of hydrogen-bond donors (Lipinski definition) is 12. The molecule has 10 aromatic heterocycles. The molecule has 0 aliphatic heterocycles. The second kappa shape index (κ2) is 38.8. The lowest BCUT2D eigenvalue weighted by atomic mass is 10.00. The quantitative estimate of drug-likeness (QED) is 0.0379. The van der Waals surface area contributed by atoms with Crippen LogP contribution in [0.4, 0.5) is 69.6 Å². The Bertz CT molecular complexity index is 7400. The van der Waals surface area contributed by atoms with E-state index in [1.807, 2.05) is 75.5 Å². The summed E-state index contributed by atoms with van der Waals surface area (Å²) < 4.78 is 46.1. The standard InChI is InChI=1S/C18H18N6O3S2.C18H15N5O3S.C18H17N5OS.C18H16N4O2S.C16H13N5O4S2/c1-24(2)17(25)16-22-15-13(28-16)7-6-10-9-20-18(23-14(10)15)21-11-4-3-5-12(8-11)29(19,26)27;1-9(24)20-11-3-2-4-12(7-11)21-18-19-8-10-5-6-13-15(14(10)23-18)22-16(27-13)17(25)26;1-10(24)20-13-4-3-5-14(8-13)22-18-19-9-12-6-7-15-17(16(12)23-18)21-11(2)25-15;1-9-5-10(2)7-12(6-9)20-18-19-8-11-3-4-13-15(14(11)22-18)21-16(25-13)17(23)24;17-27(24,25)10-3-1-2-9(6-10)19-16-18-7-8-4-5-11-13(12(8)21-16)20-14(26-11)15(22)23/h3-5,8-9H,6-7H2,1-2H3,(H2,19,26,27)(H,20,21,23);2-4,7-8H,5-6H2,1H3,(H,20,24)(H,25,26)(H,19,21,23);3-5,8-9H,6-7H2,1-2H3,(H,20,24)(H,19,22,23);5-8H,3-4H2,1-2H3,(H,23,24)(H,19,20,22);1-3,6-7H,4-5H2,(H,22,23)(H2,17,24,25)(H,18,19,21). The number of amides is 3. The lowest BCUT2D eigenvalue weighted by Crippen LogP contribution is -2.21. The molecule has 0 unspecified atom stereocenters. The number of aromatic nitrogens is 15. The molecule has 0 fully saturated rings. The summed E-state index contributed by atoms with van der Waals surface area (Å²) in [6.45, 7) is 9.04. The van der Waals surface area contributed by atoms with Gasteiger partial charge in [0.25, 0.3) is 5.91 Å². The first-order valence-corrected chi connectivity index (χ1v) is 47.9. The highest BCUT2D eigenvalue weighted by molar-refractivity contribution is 7.89. The summed E-state index contributed by atoms with van der Waals surface area (Å²) in [4.78, 5) is 141. The van der Waals surface area contributed by atoms with Gasteiger partial charge in [-0.2, -0.15) is 0 Å². The van der Waals surface area contributed by atoms with Gasteiger partial charge >= 0.3 is 17.9 Å². The van der Waals surface area contributed by atoms with E-state index in [0.717, 1.165) is 166 Å². The fourth-order valence-corrected chi connectivity index (χ4v) is 20.5. The van der Waals surface area contributed by atoms with Crippen LogP contribution in [0, 0.1) is 20.8 Å². The second-order valence-corrected chi connectivity index (χ2v) is 39.5. The number of carboxylic acids is 3. The van der Waals surface area contributed by atoms with Crippen LogP contribution in [0.2, 0.25) is 0 Å². The number of nitrogens with one attached hydrogen (secondary N) is 7. The molecule has 3 amide bonds. The Hall–Kier alpha value is -14.7. The van der Waals surface area contributed by atoms with Crippen LogP contribution >= 0.6 is 56.7 Å². The van der Waals surface area contributed by atoms with Crippen molar-refractivity contribution in [1.82, 2.24) is 79.7 Å². The lowest BCUT2D eigenvalue weighted by Gasteiger charge is -2.15. The van der Waals surface area contributed by atoms with Crippen LogP contribution in [0.15, 0.2) is 156 Å². The number of carbonyl (C=O) groups is 6. The number of primary sulfonamides is 2. The van der Waals surface area contributed by atoms with Gasteiger partial charge in [0, 0.05) is 123 Å². The van der Waals surface area contributed by atoms with Gasteiger partial charge in [-0.25, -0.2) is 116 Å². The molecular formula is C88H79N25O13S7. The first-order valence-electron chi connectivity index (χ1n) is 40.7. The van der Waals surface area contributed by atoms with Gasteiger partial charge in [-0.1, -0.05) is 30.3 Å². The molecule has 14 N–H and O–H groups in total. The van der Waals surface area contributed by atoms with Crippen LogP contribution in [0.5, 0.6) is 0 Å². The van der Waals surface area contributed by atoms with E-state index in [0.29, 0.717) is 98.6 Å². The van der Waals surface area contributed by atoms with Gasteiger partial charge in [0.15, 0.2) is 5.01 Å². The van der Waals surface area contributed by atoms with Gasteiger partial charge in [0.2, 0.25) is 76.6 Å². The highest BCUT2D eigenvalue weighted by Crippen LogP contribution is 2.42. The lowest BCUT2D eigenvalue weighted by molar-refractivity contribution is -0.115. The Balaban J connectivity index is 0.000000121. The van der Waals surface area contributed by atoms with E-state index in [2.05, 4.69) is 118 Å². The molecule has 45 heteroatoms. The third kappa shape index (κ3) is 21.8. The van der Waals surface area contributed by atoms with Crippen LogP contribution in [0.25, 0.3) is 56.9 Å². The Morgan fingerprint density at radius 2 is 0.602 bits per heavy atom. The van der Waals surface area contributed by atoms with Gasteiger partial charge in [0.1, 0.15) is 28.5 Å². The van der Waals surface area contributed by atoms with Crippen molar-refractivity contribution >= 4 is 182 Å². The number of carbonyl (C=O) groups excluding carboxylic acids is 3. The van der Waals surface area contributed by atoms with Gasteiger partial charge in [-0.05, 0) is 209 Å². The number of fused-ring (bicyclic) bond motifs is 15. The minimum atomic E-state index is -3.82. The molecule has 5 aliphatic rings. The monoisotopic (exact) mass is 1920 g/mol. The van der Waals surface area contributed by atoms with Crippen molar-refractivity contribution in [1.29, 1.82) is 0 Å². The Morgan fingerprint density at radius 1 is 0.331 bits per heavy atom. The smallest absolute Gasteiger partial charge is 0.365 e. The number of thiazole rings is 5. The fraction of sp³-hybridized carbons (Fsp3) is 0.193. The highest BCUT2D eigenvalue weighted by atomic mass is 32.2. The number of nitrogens with two attached hydrogens (primary N) is 2. The molecule has 676 valence electrons. The fourth-order valence-electron chi connectivity index (χ4n) is 14.7. The van der Waals surface area contributed by atoms with E-state index in [-0.39, 0.29) is 48.5 Å². The number of rotatable bonds is 18. The molecule has 5 aromatic carbocycles. The van der Waals surface area contributed by atoms with Crippen molar-refractivity contribution in [3.05, 3.63) is 235 Å². The van der Waals surface area contributed by atoms with E-state index in [1.54, 1.807) is 86.6 Å². The second-order valence-electron chi connectivity index (χ2n) is 30.8. The molecule has 0 bridgehead atoms. The van der Waals surface area contributed by atoms with Gasteiger partial charge in [-0.3, -0.25) is 14.4 Å². The van der Waals surface area contributed by atoms with E-state index >= 15 is 0 Å². The zero-order chi connectivity index (χ0) is 93.8. The summed E-state index contributed by atoms with van der Waals surface area (Å²) in [6.07, 6.45) is 16.8. The van der Waals surface area contributed by atoms with Crippen LogP contribution < -0.4 is 47.5 Å². The zero-order valence-corrected chi connectivity index (χ0v) is 77.2. The van der Waals surface area contributed by atoms with E-state index in [9.17, 15) is 55.8 Å². The Kier molecular flexibility index (Phi) is 26.7. The molecule has 15 aromatic rings. The minimum Gasteiger partial charge on any atom is -0.476 e. The minimum absolute atomic E-state index is 0.00547. The highest BCUT2D eigenvalue weighted by Gasteiger charge is 2.32. The van der Waals surface area contributed by atoms with Crippen LogP contribution in [-0.4, -0.2) is 162 Å². The van der Waals surface area contributed by atoms with Crippen LogP contribution in [0.3, 0.4) is 0 Å². The molecule has 133 heavy (non-hydrogen) atoms. The number of aryl methyl sites for hydroxylation is 13. The summed E-state index contributed by atoms with van der Waals surface area (Å²) in [5, 5.41) is 60.6. The molecule has 0 saturated carbocycles. The van der Waals surface area contributed by atoms with Crippen LogP contribution in [-0.2, 0) is 93.8 Å². The topological polar surface area (TPSA) is 564 Å². The average Bonchev–Trinajstić information content (AvgIpc) is 1.67. The normalized spacial score (nSPS) is 12.5.